The summed E-state index contributed by atoms with van der Waals surface area (Å²) in [6.45, 7) is 9.13. The quantitative estimate of drug-likeness (QED) is 0.500. The Hall–Kier alpha value is 0.730. The average Bonchev–Trinajstić information content (AvgIpc) is 1.67. The Morgan fingerprint density at radius 3 is 1.88 bits per heavy atom. The molecule has 0 aliphatic rings. The number of hydrogen-bond donors (Lipinski definition) is 0. The fourth-order valence-electron chi connectivity index (χ4n) is 0.281. The summed E-state index contributed by atoms with van der Waals surface area (Å²) in [6.07, 6.45) is 1.27. The first kappa shape index (κ1) is 8.73. The van der Waals surface area contributed by atoms with Crippen molar-refractivity contribution in [3.63, 3.8) is 0 Å². The van der Waals surface area contributed by atoms with E-state index >= 15 is 0 Å². The fourth-order valence-corrected chi connectivity index (χ4v) is 0.722. The van der Waals surface area contributed by atoms with E-state index in [4.69, 9.17) is 0 Å². The van der Waals surface area contributed by atoms with Gasteiger partial charge < -0.3 is 0 Å². The van der Waals surface area contributed by atoms with Gasteiger partial charge in [-0.2, -0.15) is 0 Å². The summed E-state index contributed by atoms with van der Waals surface area (Å²) in [5.74, 6) is 0. The van der Waals surface area contributed by atoms with Crippen LogP contribution in [0.3, 0.4) is 0 Å². The van der Waals surface area contributed by atoms with Gasteiger partial charge in [-0.1, -0.05) is 50.3 Å². The summed E-state index contributed by atoms with van der Waals surface area (Å²) in [6, 6.07) is 0. The highest BCUT2D eigenvalue weighted by Gasteiger charge is 2.20. The van der Waals surface area contributed by atoms with Crippen molar-refractivity contribution in [1.82, 2.24) is 0 Å². The molecule has 0 amide bonds. The van der Waals surface area contributed by atoms with Crippen LogP contribution in [0.4, 0.5) is 0 Å². The maximum Gasteiger partial charge on any atom is 0.0132 e. The SMILES string of the molecule is CCC(C)(C)C(C)I. The van der Waals surface area contributed by atoms with Gasteiger partial charge in [-0.3, -0.25) is 0 Å². The van der Waals surface area contributed by atoms with Gasteiger partial charge in [0, 0.05) is 3.92 Å². The van der Waals surface area contributed by atoms with E-state index in [0.29, 0.717) is 5.41 Å². The second kappa shape index (κ2) is 3.04. The van der Waals surface area contributed by atoms with Gasteiger partial charge in [-0.05, 0) is 11.8 Å². The van der Waals surface area contributed by atoms with Crippen LogP contribution in [0.1, 0.15) is 34.1 Å². The van der Waals surface area contributed by atoms with Crippen molar-refractivity contribution in [3.8, 4) is 0 Å². The number of rotatable bonds is 2. The van der Waals surface area contributed by atoms with E-state index in [-0.39, 0.29) is 0 Å². The molecule has 0 N–H and O–H groups in total. The lowest BCUT2D eigenvalue weighted by molar-refractivity contribution is 0.360. The van der Waals surface area contributed by atoms with E-state index in [1.165, 1.54) is 6.42 Å². The number of hydrogen-bond acceptors (Lipinski definition) is 0. The van der Waals surface area contributed by atoms with Gasteiger partial charge in [0.15, 0.2) is 0 Å². The summed E-state index contributed by atoms with van der Waals surface area (Å²) in [7, 11) is 0. The fraction of sp³-hybridized carbons (Fsp3) is 1.00. The third-order valence-corrected chi connectivity index (χ3v) is 3.67. The van der Waals surface area contributed by atoms with Crippen LogP contribution in [0.15, 0.2) is 0 Å². The normalized spacial score (nSPS) is 16.1. The zero-order chi connectivity index (χ0) is 6.78. The van der Waals surface area contributed by atoms with Crippen LogP contribution in [0, 0.1) is 5.41 Å². The minimum Gasteiger partial charge on any atom is -0.0823 e. The summed E-state index contributed by atoms with van der Waals surface area (Å²) >= 11 is 2.49. The maximum atomic E-state index is 2.49. The molecule has 0 aliphatic heterocycles. The highest BCUT2D eigenvalue weighted by molar-refractivity contribution is 14.1. The summed E-state index contributed by atoms with van der Waals surface area (Å²) in [5, 5.41) is 0. The second-order valence-corrected chi connectivity index (χ2v) is 4.83. The lowest BCUT2D eigenvalue weighted by atomic mass is 9.88. The molecular formula is C7H15I. The maximum absolute atomic E-state index is 2.49. The van der Waals surface area contributed by atoms with Crippen molar-refractivity contribution in [3.05, 3.63) is 0 Å². The third kappa shape index (κ3) is 2.33. The predicted octanol–water partition coefficient (Wildman–Crippen LogP) is 3.25. The molecular weight excluding hydrogens is 211 g/mol. The predicted molar refractivity (Wildman–Crippen MR) is 47.6 cm³/mol. The first-order valence-electron chi connectivity index (χ1n) is 3.14. The van der Waals surface area contributed by atoms with Crippen molar-refractivity contribution in [1.29, 1.82) is 0 Å². The molecule has 0 saturated carbocycles. The first-order valence-corrected chi connectivity index (χ1v) is 4.39. The van der Waals surface area contributed by atoms with E-state index in [0.717, 1.165) is 3.92 Å². The van der Waals surface area contributed by atoms with E-state index in [2.05, 4.69) is 50.3 Å². The molecule has 0 spiro atoms. The first-order chi connectivity index (χ1) is 3.50. The van der Waals surface area contributed by atoms with Gasteiger partial charge in [-0.15, -0.1) is 0 Å². The molecule has 0 fully saturated rings. The zero-order valence-electron chi connectivity index (χ0n) is 6.16. The molecule has 8 heavy (non-hydrogen) atoms. The van der Waals surface area contributed by atoms with Crippen LogP contribution in [0.5, 0.6) is 0 Å². The molecule has 0 heterocycles. The zero-order valence-corrected chi connectivity index (χ0v) is 8.32. The van der Waals surface area contributed by atoms with Crippen molar-refractivity contribution in [2.75, 3.05) is 0 Å². The van der Waals surface area contributed by atoms with Crippen molar-refractivity contribution in [2.24, 2.45) is 5.41 Å². The number of alkyl halides is 1. The molecule has 0 aromatic heterocycles. The molecule has 1 atom stereocenters. The minimum absolute atomic E-state index is 0.528. The van der Waals surface area contributed by atoms with Gasteiger partial charge in [-0.25, -0.2) is 0 Å². The van der Waals surface area contributed by atoms with Crippen LogP contribution in [0.2, 0.25) is 0 Å². The minimum atomic E-state index is 0.528. The smallest absolute Gasteiger partial charge is 0.0132 e. The van der Waals surface area contributed by atoms with Gasteiger partial charge >= 0.3 is 0 Å². The van der Waals surface area contributed by atoms with E-state index in [9.17, 15) is 0 Å². The second-order valence-electron chi connectivity index (χ2n) is 2.96. The summed E-state index contributed by atoms with van der Waals surface area (Å²) in [4.78, 5) is 0. The Bertz CT molecular complexity index is 64.8. The van der Waals surface area contributed by atoms with Crippen LogP contribution < -0.4 is 0 Å². The van der Waals surface area contributed by atoms with Crippen LogP contribution in [0.25, 0.3) is 0 Å². The standard InChI is InChI=1S/C7H15I/c1-5-7(3,4)6(2)8/h6H,5H2,1-4H3. The Morgan fingerprint density at radius 2 is 1.88 bits per heavy atom. The van der Waals surface area contributed by atoms with Crippen LogP contribution in [-0.2, 0) is 0 Å². The van der Waals surface area contributed by atoms with E-state index in [1.807, 2.05) is 0 Å². The lowest BCUT2D eigenvalue weighted by Gasteiger charge is -2.25. The van der Waals surface area contributed by atoms with E-state index < -0.39 is 0 Å². The molecule has 0 aromatic carbocycles. The molecule has 0 radical (unpaired) electrons. The average molecular weight is 226 g/mol. The molecule has 0 nitrogen and oxygen atoms in total. The lowest BCUT2D eigenvalue weighted by Crippen LogP contribution is -2.19. The Morgan fingerprint density at radius 1 is 1.50 bits per heavy atom. The van der Waals surface area contributed by atoms with Crippen molar-refractivity contribution >= 4 is 22.6 Å². The molecule has 0 bridgehead atoms. The Labute approximate surface area is 66.2 Å². The van der Waals surface area contributed by atoms with Gasteiger partial charge in [0.2, 0.25) is 0 Å². The molecule has 0 aliphatic carbocycles. The largest absolute Gasteiger partial charge is 0.0823 e. The highest BCUT2D eigenvalue weighted by atomic mass is 127. The molecule has 0 rings (SSSR count). The van der Waals surface area contributed by atoms with E-state index in [1.54, 1.807) is 0 Å². The van der Waals surface area contributed by atoms with Crippen molar-refractivity contribution < 1.29 is 0 Å². The van der Waals surface area contributed by atoms with Crippen LogP contribution in [-0.4, -0.2) is 3.92 Å². The molecule has 0 aromatic rings. The van der Waals surface area contributed by atoms with Crippen molar-refractivity contribution in [2.45, 2.75) is 38.0 Å². The third-order valence-electron chi connectivity index (χ3n) is 1.99. The number of halogens is 1. The molecule has 1 heteroatoms. The monoisotopic (exact) mass is 226 g/mol. The molecule has 1 unspecified atom stereocenters. The van der Waals surface area contributed by atoms with Crippen LogP contribution >= 0.6 is 22.6 Å². The Balaban J connectivity index is 3.71. The molecule has 0 saturated heterocycles. The molecule has 50 valence electrons. The van der Waals surface area contributed by atoms with Gasteiger partial charge in [0.1, 0.15) is 0 Å². The van der Waals surface area contributed by atoms with Gasteiger partial charge in [0.05, 0.1) is 0 Å². The Kier molecular flexibility index (Phi) is 3.32. The summed E-state index contributed by atoms with van der Waals surface area (Å²) in [5.41, 5.74) is 0.528. The summed E-state index contributed by atoms with van der Waals surface area (Å²) < 4.78 is 0.782. The topological polar surface area (TPSA) is 0 Å². The van der Waals surface area contributed by atoms with Gasteiger partial charge in [0.25, 0.3) is 0 Å². The highest BCUT2D eigenvalue weighted by Crippen LogP contribution is 2.29.